The second-order valence-electron chi connectivity index (χ2n) is 9.05. The predicted octanol–water partition coefficient (Wildman–Crippen LogP) is 8.00. The molecule has 1 aromatic carbocycles. The van der Waals surface area contributed by atoms with E-state index in [-0.39, 0.29) is 11.7 Å². The van der Waals surface area contributed by atoms with Crippen LogP contribution in [0.2, 0.25) is 0 Å². The Morgan fingerprint density at radius 2 is 1.58 bits per heavy atom. The van der Waals surface area contributed by atoms with E-state index in [0.29, 0.717) is 12.3 Å². The Balaban J connectivity index is 1.97. The smallest absolute Gasteiger partial charge is 0.243 e. The van der Waals surface area contributed by atoms with Gasteiger partial charge in [-0.2, -0.15) is 0 Å². The first kappa shape index (κ1) is 28.8. The summed E-state index contributed by atoms with van der Waals surface area (Å²) < 4.78 is 5.08. The number of carbonyl (C=O) groups is 1. The van der Waals surface area contributed by atoms with E-state index in [1.807, 2.05) is 6.08 Å². The number of hydrogen-bond donors (Lipinski definition) is 2. The third-order valence-electron chi connectivity index (χ3n) is 6.02. The third-order valence-corrected chi connectivity index (χ3v) is 6.02. The molecule has 0 heterocycles. The van der Waals surface area contributed by atoms with Crippen molar-refractivity contribution in [3.8, 4) is 11.5 Å². The van der Waals surface area contributed by atoms with Gasteiger partial charge in [-0.15, -0.1) is 0 Å². The number of benzene rings is 1. The molecule has 1 aromatic rings. The molecule has 0 atom stereocenters. The summed E-state index contributed by atoms with van der Waals surface area (Å²) in [6.07, 6.45) is 22.6. The number of phenolic OH excluding ortho intramolecular Hbond substituents is 1. The molecule has 33 heavy (non-hydrogen) atoms. The van der Waals surface area contributed by atoms with Crippen LogP contribution < -0.4 is 10.1 Å². The molecule has 2 N–H and O–H groups in total. The Bertz CT molecular complexity index is 696. The third kappa shape index (κ3) is 15.3. The van der Waals surface area contributed by atoms with Crippen molar-refractivity contribution in [3.63, 3.8) is 0 Å². The van der Waals surface area contributed by atoms with E-state index in [0.717, 1.165) is 24.8 Å². The number of aromatic hydroxyl groups is 1. The fraction of sp³-hybridized carbons (Fsp3) is 0.621. The van der Waals surface area contributed by atoms with Crippen LogP contribution in [0.15, 0.2) is 42.5 Å². The van der Waals surface area contributed by atoms with Gasteiger partial charge in [0.05, 0.1) is 7.11 Å². The molecule has 0 saturated heterocycles. The number of unbranched alkanes of at least 4 members (excludes halogenated alkanes) is 11. The highest BCUT2D eigenvalue weighted by Gasteiger charge is 2.03. The first-order valence-corrected chi connectivity index (χ1v) is 13.0. The molecule has 0 bridgehead atoms. The lowest BCUT2D eigenvalue weighted by Gasteiger charge is -2.07. The van der Waals surface area contributed by atoms with E-state index >= 15 is 0 Å². The van der Waals surface area contributed by atoms with Gasteiger partial charge in [-0.05, 0) is 62.3 Å². The molecule has 186 valence electrons. The lowest BCUT2D eigenvalue weighted by molar-refractivity contribution is -0.116. The maximum Gasteiger partial charge on any atom is 0.243 e. The van der Waals surface area contributed by atoms with Crippen molar-refractivity contribution < 1.29 is 14.6 Å². The quantitative estimate of drug-likeness (QED) is 0.118. The van der Waals surface area contributed by atoms with Gasteiger partial charge >= 0.3 is 0 Å². The van der Waals surface area contributed by atoms with E-state index in [2.05, 4.69) is 18.8 Å². The highest BCUT2D eigenvalue weighted by Crippen LogP contribution is 2.26. The zero-order valence-corrected chi connectivity index (χ0v) is 21.2. The Kier molecular flexibility index (Phi) is 16.8. The summed E-state index contributed by atoms with van der Waals surface area (Å²) in [4.78, 5) is 12.0. The monoisotopic (exact) mass is 457 g/mol. The molecule has 0 radical (unpaired) electrons. The molecule has 0 aliphatic carbocycles. The van der Waals surface area contributed by atoms with Gasteiger partial charge in [-0.1, -0.05) is 89.0 Å². The van der Waals surface area contributed by atoms with Crippen LogP contribution in [0.3, 0.4) is 0 Å². The lowest BCUT2D eigenvalue weighted by Crippen LogP contribution is -2.20. The standard InChI is InChI=1S/C29H47NO3/c1-4-5-6-7-8-9-10-12-15-18-25(2)19-16-13-11-14-17-20-29(32)30-24-26-21-22-27(31)28(23-26)33-3/h17,20-23,31H,2,4-16,18-19,24H2,1,3H3,(H,30,32)/b20-17+. The molecule has 0 aliphatic rings. The first-order chi connectivity index (χ1) is 16.1. The second kappa shape index (κ2) is 19.3. The highest BCUT2D eigenvalue weighted by atomic mass is 16.5. The Labute approximate surface area is 202 Å². The molecule has 0 fully saturated rings. The molecule has 0 saturated carbocycles. The summed E-state index contributed by atoms with van der Waals surface area (Å²) in [5.41, 5.74) is 2.28. The van der Waals surface area contributed by atoms with Crippen molar-refractivity contribution in [3.05, 3.63) is 48.1 Å². The molecule has 0 unspecified atom stereocenters. The number of ether oxygens (including phenoxy) is 1. The topological polar surface area (TPSA) is 58.6 Å². The van der Waals surface area contributed by atoms with Gasteiger partial charge in [0, 0.05) is 6.54 Å². The van der Waals surface area contributed by atoms with E-state index in [1.54, 1.807) is 24.3 Å². The van der Waals surface area contributed by atoms with E-state index < -0.39 is 0 Å². The Morgan fingerprint density at radius 3 is 2.21 bits per heavy atom. The normalized spacial score (nSPS) is 11.1. The van der Waals surface area contributed by atoms with Gasteiger partial charge in [-0.25, -0.2) is 0 Å². The number of hydrogen-bond acceptors (Lipinski definition) is 3. The van der Waals surface area contributed by atoms with Gasteiger partial charge in [0.1, 0.15) is 0 Å². The van der Waals surface area contributed by atoms with Crippen molar-refractivity contribution in [2.75, 3.05) is 7.11 Å². The van der Waals surface area contributed by atoms with E-state index in [1.165, 1.54) is 89.7 Å². The minimum absolute atomic E-state index is 0.0968. The molecule has 4 heteroatoms. The molecule has 0 aromatic heterocycles. The number of rotatable bonds is 20. The maximum absolute atomic E-state index is 12.0. The fourth-order valence-corrected chi connectivity index (χ4v) is 3.90. The number of phenols is 1. The number of nitrogens with one attached hydrogen (secondary N) is 1. The summed E-state index contributed by atoms with van der Waals surface area (Å²) in [5, 5.41) is 12.5. The lowest BCUT2D eigenvalue weighted by atomic mass is 10.0. The zero-order valence-electron chi connectivity index (χ0n) is 21.2. The zero-order chi connectivity index (χ0) is 24.2. The second-order valence-corrected chi connectivity index (χ2v) is 9.05. The highest BCUT2D eigenvalue weighted by molar-refractivity contribution is 5.87. The van der Waals surface area contributed by atoms with Crippen LogP contribution in [0.25, 0.3) is 0 Å². The molecular formula is C29H47NO3. The van der Waals surface area contributed by atoms with Crippen LogP contribution in [0, 0.1) is 0 Å². The van der Waals surface area contributed by atoms with Crippen LogP contribution >= 0.6 is 0 Å². The minimum atomic E-state index is -0.101. The van der Waals surface area contributed by atoms with Crippen LogP contribution in [-0.4, -0.2) is 18.1 Å². The Hall–Kier alpha value is -2.23. The van der Waals surface area contributed by atoms with Gasteiger partial charge in [-0.3, -0.25) is 4.79 Å². The van der Waals surface area contributed by atoms with Crippen molar-refractivity contribution in [2.24, 2.45) is 0 Å². The number of amides is 1. The molecular weight excluding hydrogens is 410 g/mol. The maximum atomic E-state index is 12.0. The summed E-state index contributed by atoms with van der Waals surface area (Å²) in [7, 11) is 1.51. The van der Waals surface area contributed by atoms with Crippen molar-refractivity contribution in [1.29, 1.82) is 0 Å². The summed E-state index contributed by atoms with van der Waals surface area (Å²) in [5.74, 6) is 0.407. The SMILES string of the molecule is C=C(CCCCC/C=C/C(=O)NCc1ccc(O)c(OC)c1)CCCCCCCCCCC. The largest absolute Gasteiger partial charge is 0.504 e. The van der Waals surface area contributed by atoms with Gasteiger partial charge in [0.15, 0.2) is 11.5 Å². The van der Waals surface area contributed by atoms with Crippen LogP contribution in [0.1, 0.15) is 109 Å². The first-order valence-electron chi connectivity index (χ1n) is 13.0. The van der Waals surface area contributed by atoms with E-state index in [4.69, 9.17) is 4.74 Å². The number of carbonyl (C=O) groups excluding carboxylic acids is 1. The van der Waals surface area contributed by atoms with Crippen LogP contribution in [0.5, 0.6) is 11.5 Å². The summed E-state index contributed by atoms with van der Waals surface area (Å²) >= 11 is 0. The predicted molar refractivity (Wildman–Crippen MR) is 140 cm³/mol. The molecule has 1 rings (SSSR count). The van der Waals surface area contributed by atoms with Crippen molar-refractivity contribution in [2.45, 2.75) is 110 Å². The van der Waals surface area contributed by atoms with Crippen LogP contribution in [0.4, 0.5) is 0 Å². The van der Waals surface area contributed by atoms with Crippen molar-refractivity contribution >= 4 is 5.91 Å². The molecule has 0 aliphatic heterocycles. The molecule has 0 spiro atoms. The van der Waals surface area contributed by atoms with Crippen molar-refractivity contribution in [1.82, 2.24) is 5.32 Å². The van der Waals surface area contributed by atoms with Gasteiger partial charge in [0.2, 0.25) is 5.91 Å². The number of allylic oxidation sites excluding steroid dienone is 2. The van der Waals surface area contributed by atoms with E-state index in [9.17, 15) is 9.90 Å². The summed E-state index contributed by atoms with van der Waals surface area (Å²) in [6.45, 7) is 6.93. The Morgan fingerprint density at radius 1 is 0.970 bits per heavy atom. The number of methoxy groups -OCH3 is 1. The van der Waals surface area contributed by atoms with Crippen LogP contribution in [-0.2, 0) is 11.3 Å². The van der Waals surface area contributed by atoms with Gasteiger partial charge in [0.25, 0.3) is 0 Å². The molecule has 1 amide bonds. The molecule has 4 nitrogen and oxygen atoms in total. The summed E-state index contributed by atoms with van der Waals surface area (Å²) in [6, 6.07) is 5.06. The van der Waals surface area contributed by atoms with Gasteiger partial charge < -0.3 is 15.2 Å². The average Bonchev–Trinajstić information content (AvgIpc) is 2.81. The fourth-order valence-electron chi connectivity index (χ4n) is 3.90. The average molecular weight is 458 g/mol. The minimum Gasteiger partial charge on any atom is -0.504 e.